The number of fused-ring (bicyclic) bond motifs is 3. The number of nitrogens with zero attached hydrogens (tertiary/aromatic N) is 5. The number of rotatable bonds is 7. The van der Waals surface area contributed by atoms with Crippen molar-refractivity contribution in [3.05, 3.63) is 102 Å². The van der Waals surface area contributed by atoms with Gasteiger partial charge in [-0.3, -0.25) is 5.10 Å². The second-order valence-corrected chi connectivity index (χ2v) is 10.1. The van der Waals surface area contributed by atoms with E-state index in [4.69, 9.17) is 25.2 Å². The van der Waals surface area contributed by atoms with Gasteiger partial charge in [0, 0.05) is 23.7 Å². The van der Waals surface area contributed by atoms with Crippen LogP contribution in [0.2, 0.25) is 0 Å². The number of aromatic nitrogens is 5. The number of aliphatic hydroxyl groups excluding tert-OH is 1. The fourth-order valence-corrected chi connectivity index (χ4v) is 5.58. The van der Waals surface area contributed by atoms with Crippen LogP contribution in [0.4, 0.5) is 5.82 Å². The highest BCUT2D eigenvalue weighted by Gasteiger charge is 2.35. The van der Waals surface area contributed by atoms with Gasteiger partial charge in [-0.15, -0.1) is 0 Å². The maximum absolute atomic E-state index is 10.9. The van der Waals surface area contributed by atoms with Crippen LogP contribution in [0.5, 0.6) is 5.75 Å². The Morgan fingerprint density at radius 3 is 2.61 bits per heavy atom. The van der Waals surface area contributed by atoms with Crippen LogP contribution in [0.1, 0.15) is 23.0 Å². The number of imidazole rings is 1. The van der Waals surface area contributed by atoms with Crippen LogP contribution in [0.3, 0.4) is 0 Å². The molecule has 7 rings (SSSR count). The monoisotopic (exact) mass is 547 g/mol. The summed E-state index contributed by atoms with van der Waals surface area (Å²) in [5.41, 5.74) is 12.8. The molecule has 4 N–H and O–H groups in total. The predicted octanol–water partition coefficient (Wildman–Crippen LogP) is 4.46. The largest absolute Gasteiger partial charge is 0.497 e. The summed E-state index contributed by atoms with van der Waals surface area (Å²) in [6, 6.07) is 25.9. The van der Waals surface area contributed by atoms with E-state index in [1.807, 2.05) is 77.7 Å². The quantitative estimate of drug-likeness (QED) is 0.267. The van der Waals surface area contributed by atoms with E-state index in [0.29, 0.717) is 31.0 Å². The first kappa shape index (κ1) is 25.2. The van der Waals surface area contributed by atoms with Crippen LogP contribution in [0, 0.1) is 0 Å². The number of nitrogens with two attached hydrogens (primary N) is 1. The topological polar surface area (TPSA) is 127 Å². The molecule has 2 atom stereocenters. The standard InChI is InChI=1S/C31H29N7O3/c1-40-22-10-7-19(8-11-22)16-38-27(17-37-26(18-41-31(37)39)20-5-3-2-4-6-20)35-28-29(38)23-12-9-21(24-13-14-33-36-24)15-25(23)34-30(28)32/h2-15,26,31,39H,16-18H2,1H3,(H2,32,34)(H,33,36). The van der Waals surface area contributed by atoms with Crippen molar-refractivity contribution in [3.63, 3.8) is 0 Å². The third-order valence-corrected chi connectivity index (χ3v) is 7.69. The van der Waals surface area contributed by atoms with Gasteiger partial charge in [0.15, 0.2) is 5.82 Å². The van der Waals surface area contributed by atoms with Gasteiger partial charge in [0.2, 0.25) is 6.41 Å². The first-order chi connectivity index (χ1) is 20.1. The van der Waals surface area contributed by atoms with Crippen molar-refractivity contribution in [1.82, 2.24) is 29.6 Å². The molecular formula is C31H29N7O3. The average Bonchev–Trinajstić information content (AvgIpc) is 3.75. The van der Waals surface area contributed by atoms with Gasteiger partial charge in [0.1, 0.15) is 17.1 Å². The molecule has 3 aromatic carbocycles. The van der Waals surface area contributed by atoms with Gasteiger partial charge in [-0.1, -0.05) is 48.5 Å². The van der Waals surface area contributed by atoms with Crippen molar-refractivity contribution in [2.75, 3.05) is 19.5 Å². The average molecular weight is 548 g/mol. The molecule has 3 aromatic heterocycles. The van der Waals surface area contributed by atoms with Gasteiger partial charge in [0.25, 0.3) is 0 Å². The minimum Gasteiger partial charge on any atom is -0.497 e. The third kappa shape index (κ3) is 4.57. The SMILES string of the molecule is COc1ccc(Cn2c(CN3C(O)OCC3c3ccccc3)nc3c(N)nc4cc(-c5ccn[nH]5)ccc4c32)cc1. The molecule has 1 aliphatic heterocycles. The summed E-state index contributed by atoms with van der Waals surface area (Å²) in [5.74, 6) is 1.89. The molecule has 0 spiro atoms. The lowest BCUT2D eigenvalue weighted by molar-refractivity contribution is -0.140. The summed E-state index contributed by atoms with van der Waals surface area (Å²) in [7, 11) is 1.66. The molecule has 4 heterocycles. The maximum Gasteiger partial charge on any atom is 0.217 e. The molecule has 1 fully saturated rings. The van der Waals surface area contributed by atoms with E-state index in [-0.39, 0.29) is 6.04 Å². The lowest BCUT2D eigenvalue weighted by atomic mass is 10.1. The van der Waals surface area contributed by atoms with Gasteiger partial charge >= 0.3 is 0 Å². The molecule has 206 valence electrons. The number of pyridine rings is 1. The zero-order valence-corrected chi connectivity index (χ0v) is 22.4. The summed E-state index contributed by atoms with van der Waals surface area (Å²) >= 11 is 0. The van der Waals surface area contributed by atoms with Crippen LogP contribution in [-0.2, 0) is 17.8 Å². The fourth-order valence-electron chi connectivity index (χ4n) is 5.58. The molecule has 1 aliphatic rings. The van der Waals surface area contributed by atoms with E-state index in [2.05, 4.69) is 20.8 Å². The van der Waals surface area contributed by atoms with E-state index >= 15 is 0 Å². The zero-order valence-electron chi connectivity index (χ0n) is 22.4. The molecule has 10 heteroatoms. The van der Waals surface area contributed by atoms with Crippen LogP contribution >= 0.6 is 0 Å². The number of aromatic amines is 1. The smallest absolute Gasteiger partial charge is 0.217 e. The van der Waals surface area contributed by atoms with Gasteiger partial charge in [-0.2, -0.15) is 5.10 Å². The zero-order chi connectivity index (χ0) is 27.9. The number of hydrogen-bond donors (Lipinski definition) is 3. The summed E-state index contributed by atoms with van der Waals surface area (Å²) < 4.78 is 13.2. The van der Waals surface area contributed by atoms with Crippen LogP contribution in [0.25, 0.3) is 33.2 Å². The Hall–Kier alpha value is -4.77. The number of hydrogen-bond acceptors (Lipinski definition) is 8. The Morgan fingerprint density at radius 2 is 1.85 bits per heavy atom. The van der Waals surface area contributed by atoms with Gasteiger partial charge < -0.3 is 24.9 Å². The van der Waals surface area contributed by atoms with Crippen molar-refractivity contribution < 1.29 is 14.6 Å². The van der Waals surface area contributed by atoms with Crippen LogP contribution in [-0.4, -0.2) is 54.9 Å². The van der Waals surface area contributed by atoms with Crippen molar-refractivity contribution in [1.29, 1.82) is 0 Å². The molecule has 41 heavy (non-hydrogen) atoms. The summed E-state index contributed by atoms with van der Waals surface area (Å²) in [6.07, 6.45) is 0.665. The number of H-pyrrole nitrogens is 1. The highest BCUT2D eigenvalue weighted by Crippen LogP contribution is 2.35. The maximum atomic E-state index is 10.9. The minimum atomic E-state index is -1.06. The molecule has 6 aromatic rings. The van der Waals surface area contributed by atoms with Crippen molar-refractivity contribution in [2.45, 2.75) is 25.5 Å². The Kier molecular flexibility index (Phi) is 6.35. The van der Waals surface area contributed by atoms with E-state index in [1.54, 1.807) is 13.3 Å². The molecular weight excluding hydrogens is 518 g/mol. The first-order valence-corrected chi connectivity index (χ1v) is 13.4. The normalized spacial score (nSPS) is 17.5. The third-order valence-electron chi connectivity index (χ3n) is 7.69. The second kappa shape index (κ2) is 10.3. The lowest BCUT2D eigenvalue weighted by Crippen LogP contribution is -2.33. The number of methoxy groups -OCH3 is 1. The minimum absolute atomic E-state index is 0.121. The van der Waals surface area contributed by atoms with Gasteiger partial charge in [-0.05, 0) is 41.5 Å². The lowest BCUT2D eigenvalue weighted by Gasteiger charge is -2.25. The molecule has 0 amide bonds. The molecule has 1 saturated heterocycles. The van der Waals surface area contributed by atoms with Gasteiger partial charge in [-0.25, -0.2) is 14.9 Å². The summed E-state index contributed by atoms with van der Waals surface area (Å²) in [4.78, 5) is 11.7. The molecule has 0 aliphatic carbocycles. The molecule has 10 nitrogen and oxygen atoms in total. The summed E-state index contributed by atoms with van der Waals surface area (Å²) in [6.45, 7) is 1.27. The van der Waals surface area contributed by atoms with Crippen LogP contribution < -0.4 is 10.5 Å². The van der Waals surface area contributed by atoms with Crippen molar-refractivity contribution >= 4 is 27.8 Å². The number of nitrogens with one attached hydrogen (secondary N) is 1. The summed E-state index contributed by atoms with van der Waals surface area (Å²) in [5, 5.41) is 18.9. The Balaban J connectivity index is 1.38. The fraction of sp³-hybridized carbons (Fsp3) is 0.194. The van der Waals surface area contributed by atoms with E-state index in [1.165, 1.54) is 0 Å². The molecule has 0 saturated carbocycles. The number of aliphatic hydroxyl groups is 1. The molecule has 0 bridgehead atoms. The predicted molar refractivity (Wildman–Crippen MR) is 156 cm³/mol. The number of anilines is 1. The van der Waals surface area contributed by atoms with E-state index < -0.39 is 6.41 Å². The number of benzene rings is 3. The molecule has 2 unspecified atom stereocenters. The van der Waals surface area contributed by atoms with Crippen molar-refractivity contribution in [3.8, 4) is 17.0 Å². The van der Waals surface area contributed by atoms with Gasteiger partial charge in [0.05, 0.1) is 43.0 Å². The highest BCUT2D eigenvalue weighted by molar-refractivity contribution is 6.07. The second-order valence-electron chi connectivity index (χ2n) is 10.1. The Morgan fingerprint density at radius 1 is 1.02 bits per heavy atom. The Bertz CT molecular complexity index is 1820. The molecule has 0 radical (unpaired) electrons. The first-order valence-electron chi connectivity index (χ1n) is 13.4. The van der Waals surface area contributed by atoms with Crippen LogP contribution in [0.15, 0.2) is 85.1 Å². The number of ether oxygens (including phenoxy) is 2. The number of nitrogen functional groups attached to an aromatic ring is 1. The Labute approximate surface area is 236 Å². The van der Waals surface area contributed by atoms with E-state index in [9.17, 15) is 5.11 Å². The van der Waals surface area contributed by atoms with E-state index in [0.717, 1.165) is 50.4 Å². The van der Waals surface area contributed by atoms with Crippen molar-refractivity contribution in [2.24, 2.45) is 0 Å². The highest BCUT2D eigenvalue weighted by atomic mass is 16.6.